The van der Waals surface area contributed by atoms with Gasteiger partial charge in [-0.2, -0.15) is 16.9 Å². The van der Waals surface area contributed by atoms with Gasteiger partial charge in [0, 0.05) is 28.9 Å². The summed E-state index contributed by atoms with van der Waals surface area (Å²) in [5.41, 5.74) is 2.16. The van der Waals surface area contributed by atoms with Crippen molar-refractivity contribution < 1.29 is 5.11 Å². The fraction of sp³-hybridized carbons (Fsp3) is 0.562. The predicted molar refractivity (Wildman–Crippen MR) is 87.3 cm³/mol. The molecule has 3 nitrogen and oxygen atoms in total. The molecule has 4 heteroatoms. The molecule has 2 aromatic rings. The molecule has 20 heavy (non-hydrogen) atoms. The Balaban J connectivity index is 2.13. The Morgan fingerprint density at radius 1 is 1.30 bits per heavy atom. The first-order chi connectivity index (χ1) is 9.40. The van der Waals surface area contributed by atoms with E-state index in [1.807, 2.05) is 16.8 Å². The largest absolute Gasteiger partial charge is 0.392 e. The zero-order valence-electron chi connectivity index (χ0n) is 12.8. The number of aromatic nitrogens is 2. The first-order valence-electron chi connectivity index (χ1n) is 7.17. The summed E-state index contributed by atoms with van der Waals surface area (Å²) < 4.78 is 2.19. The van der Waals surface area contributed by atoms with Crippen LogP contribution >= 0.6 is 11.8 Å². The molecule has 0 spiro atoms. The normalized spacial score (nSPS) is 13.8. The van der Waals surface area contributed by atoms with E-state index in [9.17, 15) is 5.11 Å². The Hall–Kier alpha value is -1.00. The summed E-state index contributed by atoms with van der Waals surface area (Å²) in [5.74, 6) is 0.747. The van der Waals surface area contributed by atoms with Crippen molar-refractivity contribution in [2.45, 2.75) is 51.5 Å². The van der Waals surface area contributed by atoms with Crippen LogP contribution in [0.3, 0.4) is 0 Å². The van der Waals surface area contributed by atoms with E-state index < -0.39 is 0 Å². The molecule has 1 aromatic carbocycles. The molecular weight excluding hydrogens is 268 g/mol. The van der Waals surface area contributed by atoms with Crippen LogP contribution in [0.1, 0.15) is 33.4 Å². The molecule has 0 amide bonds. The number of nitrogens with zero attached hydrogens (tertiary/aromatic N) is 2. The summed E-state index contributed by atoms with van der Waals surface area (Å²) >= 11 is 1.79. The molecule has 0 aliphatic carbocycles. The number of para-hydroxylation sites is 1. The molecule has 0 radical (unpaired) electrons. The number of aliphatic hydroxyl groups excluding tert-OH is 1. The van der Waals surface area contributed by atoms with E-state index in [2.05, 4.69) is 44.9 Å². The Labute approximate surface area is 125 Å². The highest BCUT2D eigenvalue weighted by molar-refractivity contribution is 8.00. The standard InChI is InChI=1S/C16H24N2OS/c1-5-18-15-9-7-6-8-13(15)14(17-18)10-12(19)11-20-16(2,3)4/h6-9,12,19H,5,10-11H2,1-4H3. The average molecular weight is 292 g/mol. The number of aryl methyl sites for hydroxylation is 1. The van der Waals surface area contributed by atoms with E-state index >= 15 is 0 Å². The van der Waals surface area contributed by atoms with Gasteiger partial charge in [-0.15, -0.1) is 0 Å². The molecule has 0 aliphatic heterocycles. The SMILES string of the molecule is CCn1nc(CC(O)CSC(C)(C)C)c2ccccc21. The maximum absolute atomic E-state index is 10.2. The molecule has 1 unspecified atom stereocenters. The molecule has 0 bridgehead atoms. The topological polar surface area (TPSA) is 38.0 Å². The van der Waals surface area contributed by atoms with Gasteiger partial charge in [0.2, 0.25) is 0 Å². The smallest absolute Gasteiger partial charge is 0.0729 e. The van der Waals surface area contributed by atoms with E-state index in [0.29, 0.717) is 6.42 Å². The van der Waals surface area contributed by atoms with Crippen molar-refractivity contribution >= 4 is 22.7 Å². The minimum absolute atomic E-state index is 0.186. The first-order valence-corrected chi connectivity index (χ1v) is 8.15. The number of benzene rings is 1. The number of thioether (sulfide) groups is 1. The van der Waals surface area contributed by atoms with Gasteiger partial charge in [-0.05, 0) is 13.0 Å². The van der Waals surface area contributed by atoms with Crippen LogP contribution in [0.15, 0.2) is 24.3 Å². The number of fused-ring (bicyclic) bond motifs is 1. The van der Waals surface area contributed by atoms with Gasteiger partial charge in [-0.3, -0.25) is 4.68 Å². The van der Waals surface area contributed by atoms with Crippen molar-refractivity contribution in [2.24, 2.45) is 0 Å². The highest BCUT2D eigenvalue weighted by Crippen LogP contribution is 2.25. The average Bonchev–Trinajstić information content (AvgIpc) is 2.74. The first kappa shape index (κ1) is 15.4. The van der Waals surface area contributed by atoms with Crippen LogP contribution in [0.25, 0.3) is 10.9 Å². The lowest BCUT2D eigenvalue weighted by atomic mass is 10.1. The van der Waals surface area contributed by atoms with Gasteiger partial charge < -0.3 is 5.11 Å². The summed E-state index contributed by atoms with van der Waals surface area (Å²) in [6, 6.07) is 8.24. The van der Waals surface area contributed by atoms with Crippen molar-refractivity contribution in [1.29, 1.82) is 0 Å². The van der Waals surface area contributed by atoms with Crippen molar-refractivity contribution in [2.75, 3.05) is 5.75 Å². The minimum Gasteiger partial charge on any atom is -0.392 e. The van der Waals surface area contributed by atoms with Gasteiger partial charge in [0.25, 0.3) is 0 Å². The fourth-order valence-electron chi connectivity index (χ4n) is 2.22. The molecule has 2 rings (SSSR count). The highest BCUT2D eigenvalue weighted by atomic mass is 32.2. The van der Waals surface area contributed by atoms with E-state index in [1.165, 1.54) is 0 Å². The van der Waals surface area contributed by atoms with Crippen LogP contribution in [0.4, 0.5) is 0 Å². The molecule has 0 fully saturated rings. The Bertz CT molecular complexity index is 571. The number of aliphatic hydroxyl groups is 1. The van der Waals surface area contributed by atoms with Gasteiger partial charge in [-0.25, -0.2) is 0 Å². The fourth-order valence-corrected chi connectivity index (χ4v) is 3.03. The van der Waals surface area contributed by atoms with Crippen molar-refractivity contribution in [3.63, 3.8) is 0 Å². The molecule has 0 saturated carbocycles. The third kappa shape index (κ3) is 3.76. The summed E-state index contributed by atoms with van der Waals surface area (Å²) in [6.07, 6.45) is 0.277. The van der Waals surface area contributed by atoms with Crippen LogP contribution in [0.2, 0.25) is 0 Å². The van der Waals surface area contributed by atoms with Crippen LogP contribution in [-0.2, 0) is 13.0 Å². The Morgan fingerprint density at radius 3 is 2.65 bits per heavy atom. The molecule has 0 aliphatic rings. The maximum Gasteiger partial charge on any atom is 0.0729 e. The molecule has 1 atom stereocenters. The lowest BCUT2D eigenvalue weighted by Gasteiger charge is -2.19. The Kier molecular flexibility index (Phi) is 4.76. The molecule has 1 N–H and O–H groups in total. The van der Waals surface area contributed by atoms with E-state index in [1.54, 1.807) is 11.8 Å². The van der Waals surface area contributed by atoms with Crippen molar-refractivity contribution in [3.05, 3.63) is 30.0 Å². The summed E-state index contributed by atoms with van der Waals surface area (Å²) in [6.45, 7) is 9.46. The van der Waals surface area contributed by atoms with Crippen LogP contribution in [0, 0.1) is 0 Å². The quantitative estimate of drug-likeness (QED) is 0.916. The Morgan fingerprint density at radius 2 is 2.00 bits per heavy atom. The van der Waals surface area contributed by atoms with Gasteiger partial charge in [0.05, 0.1) is 17.3 Å². The predicted octanol–water partition coefficient (Wildman–Crippen LogP) is 3.49. The molecule has 110 valence electrons. The zero-order valence-corrected chi connectivity index (χ0v) is 13.6. The zero-order chi connectivity index (χ0) is 14.8. The minimum atomic E-state index is -0.345. The van der Waals surface area contributed by atoms with E-state index in [4.69, 9.17) is 0 Å². The second-order valence-electron chi connectivity index (χ2n) is 6.06. The third-order valence-electron chi connectivity index (χ3n) is 3.17. The van der Waals surface area contributed by atoms with Crippen LogP contribution in [-0.4, -0.2) is 31.5 Å². The van der Waals surface area contributed by atoms with E-state index in [0.717, 1.165) is 28.9 Å². The molecule has 1 heterocycles. The lowest BCUT2D eigenvalue weighted by Crippen LogP contribution is -2.19. The maximum atomic E-state index is 10.2. The van der Waals surface area contributed by atoms with Gasteiger partial charge in [-0.1, -0.05) is 39.0 Å². The number of hydrogen-bond donors (Lipinski definition) is 1. The lowest BCUT2D eigenvalue weighted by molar-refractivity contribution is 0.198. The summed E-state index contributed by atoms with van der Waals surface area (Å²) in [7, 11) is 0. The van der Waals surface area contributed by atoms with Gasteiger partial charge in [0.1, 0.15) is 0 Å². The molecular formula is C16H24N2OS. The van der Waals surface area contributed by atoms with Crippen LogP contribution < -0.4 is 0 Å². The number of rotatable bonds is 5. The van der Waals surface area contributed by atoms with E-state index in [-0.39, 0.29) is 10.9 Å². The summed E-state index contributed by atoms with van der Waals surface area (Å²) in [4.78, 5) is 0. The molecule has 1 aromatic heterocycles. The summed E-state index contributed by atoms with van der Waals surface area (Å²) in [5, 5.41) is 16.0. The monoisotopic (exact) mass is 292 g/mol. The second kappa shape index (κ2) is 6.19. The molecule has 0 saturated heterocycles. The number of hydrogen-bond acceptors (Lipinski definition) is 3. The van der Waals surface area contributed by atoms with Gasteiger partial charge in [0.15, 0.2) is 0 Å². The van der Waals surface area contributed by atoms with Crippen molar-refractivity contribution in [3.8, 4) is 0 Å². The van der Waals surface area contributed by atoms with Crippen LogP contribution in [0.5, 0.6) is 0 Å². The van der Waals surface area contributed by atoms with Crippen molar-refractivity contribution in [1.82, 2.24) is 9.78 Å². The van der Waals surface area contributed by atoms with Gasteiger partial charge >= 0.3 is 0 Å². The second-order valence-corrected chi connectivity index (χ2v) is 7.91. The highest BCUT2D eigenvalue weighted by Gasteiger charge is 2.17. The third-order valence-corrected chi connectivity index (χ3v) is 4.59.